The van der Waals surface area contributed by atoms with Crippen molar-refractivity contribution in [1.29, 1.82) is 0 Å². The van der Waals surface area contributed by atoms with E-state index in [1.807, 2.05) is 13.8 Å². The van der Waals surface area contributed by atoms with Crippen molar-refractivity contribution in [2.75, 3.05) is 5.32 Å². The number of benzene rings is 2. The SMILES string of the molecule is Cc1noc(C)c1COc1ccccc1C(=O)Nc1ccc2oc(=O)[nH]c2c1. The molecular weight excluding hydrogens is 362 g/mol. The van der Waals surface area contributed by atoms with E-state index >= 15 is 0 Å². The minimum Gasteiger partial charge on any atom is -0.488 e. The smallest absolute Gasteiger partial charge is 0.417 e. The van der Waals surface area contributed by atoms with E-state index < -0.39 is 5.76 Å². The number of carbonyl (C=O) groups is 1. The number of H-pyrrole nitrogens is 1. The fraction of sp³-hybridized carbons (Fsp3) is 0.150. The molecule has 2 heterocycles. The zero-order chi connectivity index (χ0) is 19.7. The highest BCUT2D eigenvalue weighted by Gasteiger charge is 2.15. The van der Waals surface area contributed by atoms with Gasteiger partial charge in [-0.2, -0.15) is 0 Å². The summed E-state index contributed by atoms with van der Waals surface area (Å²) in [7, 11) is 0. The van der Waals surface area contributed by atoms with Gasteiger partial charge in [0.2, 0.25) is 0 Å². The predicted molar refractivity (Wildman–Crippen MR) is 102 cm³/mol. The average Bonchev–Trinajstić information content (AvgIpc) is 3.20. The number of aryl methyl sites for hydroxylation is 2. The lowest BCUT2D eigenvalue weighted by Gasteiger charge is -2.11. The maximum absolute atomic E-state index is 12.8. The third kappa shape index (κ3) is 3.39. The number of para-hydroxylation sites is 1. The van der Waals surface area contributed by atoms with Gasteiger partial charge in [-0.3, -0.25) is 9.78 Å². The van der Waals surface area contributed by atoms with E-state index in [1.54, 1.807) is 42.5 Å². The summed E-state index contributed by atoms with van der Waals surface area (Å²) < 4.78 is 15.9. The van der Waals surface area contributed by atoms with E-state index in [0.29, 0.717) is 33.9 Å². The van der Waals surface area contributed by atoms with Gasteiger partial charge in [0.15, 0.2) is 5.58 Å². The van der Waals surface area contributed by atoms with Crippen LogP contribution in [0.2, 0.25) is 0 Å². The van der Waals surface area contributed by atoms with Crippen molar-refractivity contribution < 1.29 is 18.5 Å². The zero-order valence-electron chi connectivity index (χ0n) is 15.2. The van der Waals surface area contributed by atoms with Gasteiger partial charge in [-0.1, -0.05) is 17.3 Å². The highest BCUT2D eigenvalue weighted by Crippen LogP contribution is 2.23. The Morgan fingerprint density at radius 3 is 2.82 bits per heavy atom. The minimum atomic E-state index is -0.545. The molecule has 8 nitrogen and oxygen atoms in total. The molecule has 1 amide bonds. The van der Waals surface area contributed by atoms with Gasteiger partial charge >= 0.3 is 5.76 Å². The normalized spacial score (nSPS) is 10.9. The molecule has 0 saturated heterocycles. The molecule has 0 bridgehead atoms. The van der Waals surface area contributed by atoms with E-state index in [9.17, 15) is 9.59 Å². The Morgan fingerprint density at radius 2 is 2.04 bits per heavy atom. The van der Waals surface area contributed by atoms with Crippen molar-refractivity contribution >= 4 is 22.7 Å². The molecule has 2 aromatic heterocycles. The number of anilines is 1. The lowest BCUT2D eigenvalue weighted by Crippen LogP contribution is -2.13. The second kappa shape index (κ2) is 7.07. The molecule has 0 saturated carbocycles. The summed E-state index contributed by atoms with van der Waals surface area (Å²) >= 11 is 0. The molecule has 0 fully saturated rings. The molecule has 0 radical (unpaired) electrons. The Balaban J connectivity index is 1.54. The van der Waals surface area contributed by atoms with Crippen LogP contribution in [0.4, 0.5) is 5.69 Å². The standard InChI is InChI=1S/C20H17N3O5/c1-11-15(12(2)28-23-11)10-26-17-6-4-3-5-14(17)19(24)21-13-7-8-18-16(9-13)22-20(25)27-18/h3-9H,10H2,1-2H3,(H,21,24)(H,22,25). The van der Waals surface area contributed by atoms with Crippen LogP contribution in [0.5, 0.6) is 5.75 Å². The number of hydrogen-bond acceptors (Lipinski definition) is 6. The van der Waals surface area contributed by atoms with Gasteiger partial charge < -0.3 is 19.0 Å². The van der Waals surface area contributed by atoms with Gasteiger partial charge in [-0.15, -0.1) is 0 Å². The van der Waals surface area contributed by atoms with Gasteiger partial charge in [-0.25, -0.2) is 4.79 Å². The van der Waals surface area contributed by atoms with Gasteiger partial charge in [0.25, 0.3) is 5.91 Å². The first-order valence-corrected chi connectivity index (χ1v) is 8.59. The maximum atomic E-state index is 12.8. The van der Waals surface area contributed by atoms with Crippen molar-refractivity contribution in [2.24, 2.45) is 0 Å². The van der Waals surface area contributed by atoms with Crippen LogP contribution in [0.1, 0.15) is 27.4 Å². The topological polar surface area (TPSA) is 110 Å². The molecule has 2 aromatic carbocycles. The quantitative estimate of drug-likeness (QED) is 0.549. The number of aromatic amines is 1. The molecule has 0 spiro atoms. The Morgan fingerprint density at radius 1 is 1.21 bits per heavy atom. The highest BCUT2D eigenvalue weighted by atomic mass is 16.5. The van der Waals surface area contributed by atoms with Crippen molar-refractivity contribution in [3.8, 4) is 5.75 Å². The van der Waals surface area contributed by atoms with Crippen LogP contribution >= 0.6 is 0 Å². The monoisotopic (exact) mass is 379 g/mol. The Bertz CT molecular complexity index is 1200. The van der Waals surface area contributed by atoms with Gasteiger partial charge in [-0.05, 0) is 44.2 Å². The molecule has 2 N–H and O–H groups in total. The first kappa shape index (κ1) is 17.6. The number of nitrogens with one attached hydrogen (secondary N) is 2. The molecule has 142 valence electrons. The molecule has 0 aliphatic carbocycles. The Hall–Kier alpha value is -3.81. The number of carbonyl (C=O) groups excluding carboxylic acids is 1. The molecular formula is C20H17N3O5. The van der Waals surface area contributed by atoms with E-state index in [-0.39, 0.29) is 12.5 Å². The van der Waals surface area contributed by atoms with E-state index in [1.165, 1.54) is 0 Å². The average molecular weight is 379 g/mol. The number of nitrogens with zero attached hydrogens (tertiary/aromatic N) is 1. The van der Waals surface area contributed by atoms with Crippen LogP contribution < -0.4 is 15.8 Å². The van der Waals surface area contributed by atoms with Crippen LogP contribution in [0.25, 0.3) is 11.1 Å². The van der Waals surface area contributed by atoms with Crippen molar-refractivity contribution in [3.05, 3.63) is 75.6 Å². The highest BCUT2D eigenvalue weighted by molar-refractivity contribution is 6.06. The summed E-state index contributed by atoms with van der Waals surface area (Å²) in [6, 6.07) is 11.9. The fourth-order valence-electron chi connectivity index (χ4n) is 2.87. The first-order valence-electron chi connectivity index (χ1n) is 8.59. The summed E-state index contributed by atoms with van der Waals surface area (Å²) in [4.78, 5) is 26.6. The summed E-state index contributed by atoms with van der Waals surface area (Å²) in [5.74, 6) is 0.246. The molecule has 0 aliphatic rings. The summed E-state index contributed by atoms with van der Waals surface area (Å²) in [5.41, 5.74) is 3.44. The van der Waals surface area contributed by atoms with E-state index in [4.69, 9.17) is 13.7 Å². The van der Waals surface area contributed by atoms with E-state index in [0.717, 1.165) is 11.3 Å². The zero-order valence-corrected chi connectivity index (χ0v) is 15.2. The van der Waals surface area contributed by atoms with E-state index in [2.05, 4.69) is 15.5 Å². The Labute approximate surface area is 159 Å². The number of fused-ring (bicyclic) bond motifs is 1. The van der Waals surface area contributed by atoms with Crippen molar-refractivity contribution in [3.63, 3.8) is 0 Å². The van der Waals surface area contributed by atoms with Crippen LogP contribution in [0, 0.1) is 13.8 Å². The summed E-state index contributed by atoms with van der Waals surface area (Å²) in [5, 5.41) is 6.70. The number of amides is 1. The number of oxazole rings is 1. The minimum absolute atomic E-state index is 0.244. The molecule has 0 atom stereocenters. The number of rotatable bonds is 5. The molecule has 4 aromatic rings. The number of aromatic nitrogens is 2. The lowest BCUT2D eigenvalue weighted by atomic mass is 10.1. The largest absolute Gasteiger partial charge is 0.488 e. The van der Waals surface area contributed by atoms with Crippen LogP contribution in [-0.2, 0) is 6.61 Å². The molecule has 8 heteroatoms. The predicted octanol–water partition coefficient (Wildman–Crippen LogP) is 3.56. The van der Waals surface area contributed by atoms with Crippen LogP contribution in [-0.4, -0.2) is 16.0 Å². The van der Waals surface area contributed by atoms with Crippen LogP contribution in [0.15, 0.2) is 56.2 Å². The molecule has 4 rings (SSSR count). The van der Waals surface area contributed by atoms with Gasteiger partial charge in [0.1, 0.15) is 18.1 Å². The second-order valence-corrected chi connectivity index (χ2v) is 6.27. The second-order valence-electron chi connectivity index (χ2n) is 6.27. The van der Waals surface area contributed by atoms with Gasteiger partial charge in [0, 0.05) is 5.69 Å². The molecule has 28 heavy (non-hydrogen) atoms. The van der Waals surface area contributed by atoms with Crippen molar-refractivity contribution in [2.45, 2.75) is 20.5 Å². The third-order valence-corrected chi connectivity index (χ3v) is 4.36. The van der Waals surface area contributed by atoms with Crippen molar-refractivity contribution in [1.82, 2.24) is 10.1 Å². The first-order chi connectivity index (χ1) is 13.5. The number of ether oxygens (including phenoxy) is 1. The summed E-state index contributed by atoms with van der Waals surface area (Å²) in [6.07, 6.45) is 0. The number of hydrogen-bond donors (Lipinski definition) is 2. The molecule has 0 unspecified atom stereocenters. The molecule has 0 aliphatic heterocycles. The fourth-order valence-corrected chi connectivity index (χ4v) is 2.87. The summed E-state index contributed by atoms with van der Waals surface area (Å²) in [6.45, 7) is 3.89. The maximum Gasteiger partial charge on any atom is 0.417 e. The lowest BCUT2D eigenvalue weighted by molar-refractivity contribution is 0.102. The third-order valence-electron chi connectivity index (χ3n) is 4.36. The Kier molecular flexibility index (Phi) is 4.44. The van der Waals surface area contributed by atoms with Gasteiger partial charge in [0.05, 0.1) is 22.3 Å². The van der Waals surface area contributed by atoms with Crippen LogP contribution in [0.3, 0.4) is 0 Å².